The summed E-state index contributed by atoms with van der Waals surface area (Å²) < 4.78 is 46.6. The van der Waals surface area contributed by atoms with Crippen LogP contribution in [-0.4, -0.2) is 49.6 Å². The van der Waals surface area contributed by atoms with Crippen molar-refractivity contribution < 1.29 is 32.3 Å². The number of nitrogens with zero attached hydrogens (tertiary/aromatic N) is 1. The quantitative estimate of drug-likeness (QED) is 0.493. The minimum Gasteiger partial charge on any atom is -0.370 e. The van der Waals surface area contributed by atoms with Gasteiger partial charge in [-0.15, -0.1) is 0 Å². The highest BCUT2D eigenvalue weighted by Crippen LogP contribution is 2.41. The number of rotatable bonds is 8. The molecule has 3 fully saturated rings. The van der Waals surface area contributed by atoms with Crippen LogP contribution in [0.25, 0.3) is 0 Å². The molecule has 11 heteroatoms. The van der Waals surface area contributed by atoms with Crippen molar-refractivity contribution in [2.45, 2.75) is 56.8 Å². The Morgan fingerprint density at radius 1 is 1.12 bits per heavy atom. The molecule has 4 N–H and O–H groups in total. The number of anilines is 2. The van der Waals surface area contributed by atoms with E-state index in [-0.39, 0.29) is 31.5 Å². The predicted octanol–water partition coefficient (Wildman–Crippen LogP) is 2.42. The number of morpholine rings is 1. The number of nitrogens with one attached hydrogen (secondary N) is 2. The average Bonchev–Trinajstić information content (AvgIpc) is 2.69. The zero-order valence-electron chi connectivity index (χ0n) is 18.7. The molecule has 1 atom stereocenters. The van der Waals surface area contributed by atoms with Crippen LogP contribution in [0.2, 0.25) is 0 Å². The van der Waals surface area contributed by atoms with Gasteiger partial charge in [0.1, 0.15) is 6.61 Å². The maximum absolute atomic E-state index is 13.8. The molecule has 0 radical (unpaired) electrons. The lowest BCUT2D eigenvalue weighted by Gasteiger charge is -2.44. The van der Waals surface area contributed by atoms with Crippen molar-refractivity contribution in [1.29, 1.82) is 0 Å². The fourth-order valence-electron chi connectivity index (χ4n) is 4.77. The van der Waals surface area contributed by atoms with Crippen LogP contribution < -0.4 is 21.3 Å². The maximum Gasteiger partial charge on any atom is 0.418 e. The number of hydrogen-bond donors (Lipinski definition) is 3. The number of amides is 3. The first-order chi connectivity index (χ1) is 16.1. The van der Waals surface area contributed by atoms with Gasteiger partial charge in [0.25, 0.3) is 11.8 Å². The summed E-state index contributed by atoms with van der Waals surface area (Å²) in [6.45, 7) is 0.120. The molecule has 1 aromatic rings. The van der Waals surface area contributed by atoms with E-state index in [2.05, 4.69) is 10.6 Å². The van der Waals surface area contributed by atoms with Crippen LogP contribution in [-0.2, 0) is 25.3 Å². The highest BCUT2D eigenvalue weighted by atomic mass is 19.4. The molecule has 1 heterocycles. The van der Waals surface area contributed by atoms with E-state index < -0.39 is 41.2 Å². The van der Waals surface area contributed by atoms with Gasteiger partial charge in [-0.1, -0.05) is 12.8 Å². The SMILES string of the molecule is NC(=O)[C@H](NC(C1CCC1)C1CCC1)C(=O)Nc1ccc(N2CCOCC2=O)cc1C(F)(F)F. The van der Waals surface area contributed by atoms with E-state index in [0.717, 1.165) is 50.7 Å². The Morgan fingerprint density at radius 2 is 1.76 bits per heavy atom. The lowest BCUT2D eigenvalue weighted by molar-refractivity contribution is -0.137. The number of alkyl halides is 3. The summed E-state index contributed by atoms with van der Waals surface area (Å²) in [6, 6.07) is 1.71. The van der Waals surface area contributed by atoms with E-state index >= 15 is 0 Å². The third-order valence-corrected chi connectivity index (χ3v) is 7.09. The molecule has 34 heavy (non-hydrogen) atoms. The number of ether oxygens (including phenoxy) is 1. The van der Waals surface area contributed by atoms with Crippen LogP contribution in [0.15, 0.2) is 18.2 Å². The Kier molecular flexibility index (Phi) is 7.13. The Labute approximate surface area is 195 Å². The third kappa shape index (κ3) is 5.20. The fraction of sp³-hybridized carbons (Fsp3) is 0.609. The lowest BCUT2D eigenvalue weighted by atomic mass is 9.68. The zero-order valence-corrected chi connectivity index (χ0v) is 18.7. The van der Waals surface area contributed by atoms with Crippen LogP contribution in [0.3, 0.4) is 0 Å². The first kappa shape index (κ1) is 24.5. The number of halogens is 3. The molecule has 8 nitrogen and oxygen atoms in total. The van der Waals surface area contributed by atoms with Crippen molar-refractivity contribution in [1.82, 2.24) is 5.32 Å². The summed E-state index contributed by atoms with van der Waals surface area (Å²) in [7, 11) is 0. The summed E-state index contributed by atoms with van der Waals surface area (Å²) in [5.41, 5.74) is 3.92. The first-order valence-corrected chi connectivity index (χ1v) is 11.6. The molecule has 3 aliphatic rings. The molecule has 2 aliphatic carbocycles. The van der Waals surface area contributed by atoms with Gasteiger partial charge in [0.15, 0.2) is 6.04 Å². The number of nitrogens with two attached hydrogens (primary N) is 1. The molecular weight excluding hydrogens is 453 g/mol. The topological polar surface area (TPSA) is 114 Å². The minimum atomic E-state index is -4.80. The van der Waals surface area contributed by atoms with Crippen LogP contribution >= 0.6 is 0 Å². The highest BCUT2D eigenvalue weighted by Gasteiger charge is 2.41. The van der Waals surface area contributed by atoms with Crippen molar-refractivity contribution >= 4 is 29.1 Å². The number of primary amides is 1. The molecule has 1 aliphatic heterocycles. The summed E-state index contributed by atoms with van der Waals surface area (Å²) in [4.78, 5) is 38.3. The van der Waals surface area contributed by atoms with Gasteiger partial charge in [0, 0.05) is 18.3 Å². The Balaban J connectivity index is 1.54. The van der Waals surface area contributed by atoms with E-state index in [4.69, 9.17) is 10.5 Å². The van der Waals surface area contributed by atoms with Gasteiger partial charge >= 0.3 is 6.18 Å². The minimum absolute atomic E-state index is 0.0539. The number of carbonyl (C=O) groups excluding carboxylic acids is 3. The number of hydrogen-bond acceptors (Lipinski definition) is 5. The standard InChI is InChI=1S/C23H29F3N4O4/c24-23(25,26)16-11-15(30-9-10-34-12-18(30)31)7-8-17(16)28-22(33)20(21(27)32)29-19(13-3-1-4-13)14-5-2-6-14/h7-8,11,13-14,19-20,29H,1-6,9-10,12H2,(H2,27,32)(H,28,33)/t20-/m0/s1. The molecule has 1 saturated heterocycles. The van der Waals surface area contributed by atoms with Gasteiger partial charge < -0.3 is 20.7 Å². The second-order valence-corrected chi connectivity index (χ2v) is 9.22. The Bertz CT molecular complexity index is 933. The summed E-state index contributed by atoms with van der Waals surface area (Å²) in [5, 5.41) is 5.31. The molecule has 0 aromatic heterocycles. The largest absolute Gasteiger partial charge is 0.418 e. The van der Waals surface area contributed by atoms with Crippen molar-refractivity contribution in [3.05, 3.63) is 23.8 Å². The number of benzene rings is 1. The van der Waals surface area contributed by atoms with Crippen LogP contribution in [0.1, 0.15) is 44.1 Å². The summed E-state index contributed by atoms with van der Waals surface area (Å²) in [5.74, 6) is -1.67. The van der Waals surface area contributed by atoms with Crippen LogP contribution in [0, 0.1) is 11.8 Å². The van der Waals surface area contributed by atoms with Crippen LogP contribution in [0.5, 0.6) is 0 Å². The van der Waals surface area contributed by atoms with E-state index in [1.54, 1.807) is 0 Å². The zero-order chi connectivity index (χ0) is 24.5. The number of carbonyl (C=O) groups is 3. The summed E-state index contributed by atoms with van der Waals surface area (Å²) >= 11 is 0. The average molecular weight is 483 g/mol. The van der Waals surface area contributed by atoms with Gasteiger partial charge in [-0.05, 0) is 55.7 Å². The van der Waals surface area contributed by atoms with E-state index in [9.17, 15) is 27.6 Å². The van der Waals surface area contributed by atoms with E-state index in [0.29, 0.717) is 11.8 Å². The molecule has 4 rings (SSSR count). The van der Waals surface area contributed by atoms with Crippen molar-refractivity contribution in [3.8, 4) is 0 Å². The van der Waals surface area contributed by atoms with E-state index in [1.165, 1.54) is 11.0 Å². The molecule has 2 saturated carbocycles. The van der Waals surface area contributed by atoms with Crippen LogP contribution in [0.4, 0.5) is 24.5 Å². The van der Waals surface area contributed by atoms with Crippen molar-refractivity contribution in [2.75, 3.05) is 30.0 Å². The maximum atomic E-state index is 13.8. The predicted molar refractivity (Wildman–Crippen MR) is 118 cm³/mol. The fourth-order valence-corrected chi connectivity index (χ4v) is 4.77. The second kappa shape index (κ2) is 9.91. The Hall–Kier alpha value is -2.66. The van der Waals surface area contributed by atoms with Gasteiger partial charge in [-0.25, -0.2) is 0 Å². The van der Waals surface area contributed by atoms with E-state index in [1.807, 2.05) is 0 Å². The molecule has 3 amide bonds. The molecular formula is C23H29F3N4O4. The summed E-state index contributed by atoms with van der Waals surface area (Å²) in [6.07, 6.45) is 1.31. The normalized spacial score (nSPS) is 20.6. The molecule has 1 aromatic carbocycles. The smallest absolute Gasteiger partial charge is 0.370 e. The highest BCUT2D eigenvalue weighted by molar-refractivity contribution is 6.10. The molecule has 186 valence electrons. The third-order valence-electron chi connectivity index (χ3n) is 7.09. The van der Waals surface area contributed by atoms with Crippen molar-refractivity contribution in [3.63, 3.8) is 0 Å². The molecule has 0 spiro atoms. The second-order valence-electron chi connectivity index (χ2n) is 9.22. The lowest BCUT2D eigenvalue weighted by Crippen LogP contribution is -2.58. The first-order valence-electron chi connectivity index (χ1n) is 11.6. The monoisotopic (exact) mass is 482 g/mol. The van der Waals surface area contributed by atoms with Gasteiger partial charge in [0.05, 0.1) is 17.9 Å². The van der Waals surface area contributed by atoms with Gasteiger partial charge in [0.2, 0.25) is 5.91 Å². The van der Waals surface area contributed by atoms with Gasteiger partial charge in [-0.2, -0.15) is 13.2 Å². The Morgan fingerprint density at radius 3 is 2.26 bits per heavy atom. The van der Waals surface area contributed by atoms with Crippen molar-refractivity contribution in [2.24, 2.45) is 17.6 Å². The van der Waals surface area contributed by atoms with Gasteiger partial charge in [-0.3, -0.25) is 19.7 Å². The molecule has 0 unspecified atom stereocenters. The molecule has 0 bridgehead atoms.